The first kappa shape index (κ1) is 26.3. The predicted molar refractivity (Wildman–Crippen MR) is 144 cm³/mol. The maximum atomic E-state index is 13.1. The lowest BCUT2D eigenvalue weighted by Crippen LogP contribution is -2.15. The summed E-state index contributed by atoms with van der Waals surface area (Å²) >= 11 is 6.18. The van der Waals surface area contributed by atoms with E-state index in [2.05, 4.69) is 14.8 Å². The van der Waals surface area contributed by atoms with Crippen molar-refractivity contribution in [3.05, 3.63) is 88.6 Å². The van der Waals surface area contributed by atoms with E-state index in [1.54, 1.807) is 55.3 Å². The van der Waals surface area contributed by atoms with Crippen LogP contribution in [0.15, 0.2) is 76.2 Å². The third-order valence-electron chi connectivity index (χ3n) is 5.47. The molecule has 0 unspecified atom stereocenters. The summed E-state index contributed by atoms with van der Waals surface area (Å²) in [6.07, 6.45) is 2.87. The molecular weight excluding hydrogens is 514 g/mol. The third kappa shape index (κ3) is 6.53. The molecule has 0 atom stereocenters. The number of carbonyl (C=O) groups excluding carboxylic acids is 1. The van der Waals surface area contributed by atoms with Gasteiger partial charge >= 0.3 is 0 Å². The Morgan fingerprint density at radius 1 is 1.14 bits per heavy atom. The fourth-order valence-corrected chi connectivity index (χ4v) is 5.02. The molecule has 1 aromatic heterocycles. The molecule has 37 heavy (non-hydrogen) atoms. The lowest BCUT2D eigenvalue weighted by atomic mass is 10.1. The number of benzene rings is 3. The first-order chi connectivity index (χ1) is 17.6. The van der Waals surface area contributed by atoms with E-state index in [0.29, 0.717) is 28.0 Å². The SMILES string of the molecule is CN(C)/C=N/S(=O)(=O)c1cc(NC(=O)Cc2ccccc2Cl)cc2nn(Cc3ccc(CO)cc3)cc12. The smallest absolute Gasteiger partial charge is 0.284 e. The van der Waals surface area contributed by atoms with Crippen molar-refractivity contribution in [2.45, 2.75) is 24.5 Å². The Bertz CT molecular complexity index is 1560. The Balaban J connectivity index is 1.70. The second kappa shape index (κ2) is 11.1. The Hall–Kier alpha value is -3.73. The van der Waals surface area contributed by atoms with Gasteiger partial charge in [-0.15, -0.1) is 4.40 Å². The predicted octanol–water partition coefficient (Wildman–Crippen LogP) is 3.69. The number of fused-ring (bicyclic) bond motifs is 1. The van der Waals surface area contributed by atoms with Gasteiger partial charge in [0.25, 0.3) is 10.0 Å². The normalized spacial score (nSPS) is 11.8. The number of sulfonamides is 1. The maximum absolute atomic E-state index is 13.1. The Morgan fingerprint density at radius 2 is 1.84 bits per heavy atom. The van der Waals surface area contributed by atoms with Crippen LogP contribution in [0.3, 0.4) is 0 Å². The van der Waals surface area contributed by atoms with Gasteiger partial charge in [-0.3, -0.25) is 9.48 Å². The molecule has 0 aliphatic rings. The number of anilines is 1. The monoisotopic (exact) mass is 539 g/mol. The zero-order valence-electron chi connectivity index (χ0n) is 20.3. The van der Waals surface area contributed by atoms with Crippen molar-refractivity contribution in [3.8, 4) is 0 Å². The average molecular weight is 540 g/mol. The Kier molecular flexibility index (Phi) is 7.91. The average Bonchev–Trinajstić information content (AvgIpc) is 3.26. The van der Waals surface area contributed by atoms with Gasteiger partial charge in [-0.05, 0) is 34.9 Å². The van der Waals surface area contributed by atoms with Crippen LogP contribution in [0.25, 0.3) is 10.9 Å². The van der Waals surface area contributed by atoms with Crippen molar-refractivity contribution >= 4 is 50.5 Å². The van der Waals surface area contributed by atoms with Crippen LogP contribution in [0, 0.1) is 0 Å². The second-order valence-electron chi connectivity index (χ2n) is 8.68. The molecule has 0 radical (unpaired) electrons. The molecule has 1 amide bonds. The molecule has 0 fully saturated rings. The van der Waals surface area contributed by atoms with E-state index in [9.17, 15) is 18.3 Å². The van der Waals surface area contributed by atoms with E-state index >= 15 is 0 Å². The van der Waals surface area contributed by atoms with E-state index in [4.69, 9.17) is 11.6 Å². The highest BCUT2D eigenvalue weighted by atomic mass is 35.5. The molecule has 0 spiro atoms. The van der Waals surface area contributed by atoms with E-state index < -0.39 is 10.0 Å². The molecule has 1 heterocycles. The molecule has 4 aromatic rings. The van der Waals surface area contributed by atoms with Crippen molar-refractivity contribution in [1.82, 2.24) is 14.7 Å². The Labute approximate surface area is 220 Å². The van der Waals surface area contributed by atoms with Crippen molar-refractivity contribution in [3.63, 3.8) is 0 Å². The van der Waals surface area contributed by atoms with Crippen molar-refractivity contribution < 1.29 is 18.3 Å². The van der Waals surface area contributed by atoms with Crippen LogP contribution in [0.1, 0.15) is 16.7 Å². The number of aromatic nitrogens is 2. The summed E-state index contributed by atoms with van der Waals surface area (Å²) in [5.74, 6) is -0.351. The third-order valence-corrected chi connectivity index (χ3v) is 7.11. The molecule has 3 aromatic carbocycles. The number of aliphatic hydroxyl groups is 1. The molecular formula is C26H26ClN5O4S. The summed E-state index contributed by atoms with van der Waals surface area (Å²) < 4.78 is 31.7. The van der Waals surface area contributed by atoms with Gasteiger partial charge < -0.3 is 15.3 Å². The molecule has 2 N–H and O–H groups in total. The summed E-state index contributed by atoms with van der Waals surface area (Å²) in [6.45, 7) is 0.334. The molecule has 0 saturated heterocycles. The molecule has 192 valence electrons. The highest BCUT2D eigenvalue weighted by Gasteiger charge is 2.21. The minimum absolute atomic E-state index is 0.0247. The molecule has 9 nitrogen and oxygen atoms in total. The number of nitrogens with one attached hydrogen (secondary N) is 1. The topological polar surface area (TPSA) is 117 Å². The fraction of sp³-hybridized carbons (Fsp3) is 0.192. The Morgan fingerprint density at radius 3 is 2.51 bits per heavy atom. The van der Waals surface area contributed by atoms with E-state index in [1.165, 1.54) is 17.3 Å². The molecule has 0 bridgehead atoms. The number of rotatable bonds is 9. The van der Waals surface area contributed by atoms with Gasteiger partial charge in [-0.1, -0.05) is 54.1 Å². The molecule has 4 rings (SSSR count). The summed E-state index contributed by atoms with van der Waals surface area (Å²) in [7, 11) is -0.767. The number of nitrogens with zero attached hydrogens (tertiary/aromatic N) is 4. The van der Waals surface area contributed by atoms with Gasteiger partial charge in [0.05, 0.1) is 25.1 Å². The van der Waals surface area contributed by atoms with Gasteiger partial charge in [0.2, 0.25) is 5.91 Å². The standard InChI is InChI=1S/C26H26ClN5O4S/c1-31(2)17-28-37(35,36)25-13-21(29-26(34)11-20-5-3-4-6-23(20)27)12-24-22(25)15-32(30-24)14-18-7-9-19(16-33)10-8-18/h3-10,12-13,15,17,33H,11,14,16H2,1-2H3,(H,29,34)/b28-17+. The van der Waals surface area contributed by atoms with Crippen LogP contribution in [-0.2, 0) is 34.4 Å². The lowest BCUT2D eigenvalue weighted by Gasteiger charge is -2.09. The highest BCUT2D eigenvalue weighted by molar-refractivity contribution is 7.90. The first-order valence-corrected chi connectivity index (χ1v) is 13.2. The number of halogens is 1. The van der Waals surface area contributed by atoms with Crippen molar-refractivity contribution in [2.75, 3.05) is 19.4 Å². The highest BCUT2D eigenvalue weighted by Crippen LogP contribution is 2.29. The van der Waals surface area contributed by atoms with Crippen LogP contribution in [0.4, 0.5) is 5.69 Å². The number of amides is 1. The van der Waals surface area contributed by atoms with Gasteiger partial charge in [-0.25, -0.2) is 0 Å². The molecule has 0 saturated carbocycles. The number of hydrogen-bond acceptors (Lipinski definition) is 5. The number of aliphatic hydroxyl groups excluding tert-OH is 1. The molecule has 0 aliphatic heterocycles. The van der Waals surface area contributed by atoms with Crippen molar-refractivity contribution in [1.29, 1.82) is 0 Å². The number of hydrogen-bond donors (Lipinski definition) is 2. The zero-order chi connectivity index (χ0) is 26.6. The van der Waals surface area contributed by atoms with E-state index in [0.717, 1.165) is 11.1 Å². The molecule has 0 aliphatic carbocycles. The first-order valence-electron chi connectivity index (χ1n) is 11.3. The van der Waals surface area contributed by atoms with Gasteiger partial charge in [0.1, 0.15) is 11.2 Å². The van der Waals surface area contributed by atoms with Crippen LogP contribution >= 0.6 is 11.6 Å². The van der Waals surface area contributed by atoms with Crippen LogP contribution in [-0.4, -0.2) is 54.5 Å². The largest absolute Gasteiger partial charge is 0.392 e. The quantitative estimate of drug-likeness (QED) is 0.247. The summed E-state index contributed by atoms with van der Waals surface area (Å²) in [6, 6.07) is 17.4. The van der Waals surface area contributed by atoms with E-state index in [1.807, 2.05) is 24.3 Å². The minimum atomic E-state index is -4.10. The van der Waals surface area contributed by atoms with Gasteiger partial charge in [0, 0.05) is 36.4 Å². The summed E-state index contributed by atoms with van der Waals surface area (Å²) in [4.78, 5) is 14.2. The fourth-order valence-electron chi connectivity index (χ4n) is 3.68. The second-order valence-corrected chi connectivity index (χ2v) is 10.7. The van der Waals surface area contributed by atoms with E-state index in [-0.39, 0.29) is 29.5 Å². The summed E-state index contributed by atoms with van der Waals surface area (Å²) in [5, 5.41) is 17.4. The van der Waals surface area contributed by atoms with Crippen molar-refractivity contribution in [2.24, 2.45) is 4.40 Å². The number of carbonyl (C=O) groups is 1. The maximum Gasteiger partial charge on any atom is 0.284 e. The van der Waals surface area contributed by atoms with Gasteiger partial charge in [-0.2, -0.15) is 13.5 Å². The van der Waals surface area contributed by atoms with Crippen LogP contribution in [0.2, 0.25) is 5.02 Å². The zero-order valence-corrected chi connectivity index (χ0v) is 21.9. The minimum Gasteiger partial charge on any atom is -0.392 e. The lowest BCUT2D eigenvalue weighted by molar-refractivity contribution is -0.115. The summed E-state index contributed by atoms with van der Waals surface area (Å²) in [5.41, 5.74) is 3.04. The van der Waals surface area contributed by atoms with Gasteiger partial charge in [0.15, 0.2) is 0 Å². The molecule has 11 heteroatoms. The van der Waals surface area contributed by atoms with Crippen LogP contribution in [0.5, 0.6) is 0 Å². The van der Waals surface area contributed by atoms with Crippen LogP contribution < -0.4 is 5.32 Å².